The number of rotatable bonds is 6. The molecule has 2 aromatic carbocycles. The van der Waals surface area contributed by atoms with E-state index in [0.29, 0.717) is 11.8 Å². The van der Waals surface area contributed by atoms with Crippen LogP contribution in [0.3, 0.4) is 0 Å². The maximum absolute atomic E-state index is 9.28. The Morgan fingerprint density at radius 3 is 2.48 bits per heavy atom. The SMILES string of the molecule is CC(CCc1ccc(O)cc1)N[C@@H](C)c1cccc(Cl)c1. The third-order valence-corrected chi connectivity index (χ3v) is 3.92. The van der Waals surface area contributed by atoms with Gasteiger partial charge in [0.1, 0.15) is 5.75 Å². The molecule has 112 valence electrons. The van der Waals surface area contributed by atoms with Gasteiger partial charge in [0.15, 0.2) is 0 Å². The van der Waals surface area contributed by atoms with Crippen molar-refractivity contribution in [3.63, 3.8) is 0 Å². The Morgan fingerprint density at radius 1 is 1.10 bits per heavy atom. The molecule has 0 spiro atoms. The summed E-state index contributed by atoms with van der Waals surface area (Å²) in [4.78, 5) is 0. The molecule has 0 fully saturated rings. The van der Waals surface area contributed by atoms with Crippen LogP contribution in [0.2, 0.25) is 5.02 Å². The summed E-state index contributed by atoms with van der Waals surface area (Å²) in [6.45, 7) is 4.35. The molecule has 2 aromatic rings. The molecule has 21 heavy (non-hydrogen) atoms. The van der Waals surface area contributed by atoms with Crippen molar-refractivity contribution in [2.75, 3.05) is 0 Å². The van der Waals surface area contributed by atoms with Crippen LogP contribution in [0.5, 0.6) is 5.75 Å². The average Bonchev–Trinajstić information content (AvgIpc) is 2.46. The summed E-state index contributed by atoms with van der Waals surface area (Å²) in [5.41, 5.74) is 2.45. The van der Waals surface area contributed by atoms with Gasteiger partial charge in [-0.05, 0) is 62.1 Å². The van der Waals surface area contributed by atoms with E-state index in [1.165, 1.54) is 11.1 Å². The van der Waals surface area contributed by atoms with Crippen molar-refractivity contribution in [3.05, 3.63) is 64.7 Å². The largest absolute Gasteiger partial charge is 0.508 e. The van der Waals surface area contributed by atoms with Gasteiger partial charge in [-0.2, -0.15) is 0 Å². The second-order valence-corrected chi connectivity index (χ2v) is 5.99. The molecule has 2 rings (SSSR count). The van der Waals surface area contributed by atoms with Crippen molar-refractivity contribution in [1.82, 2.24) is 5.32 Å². The highest BCUT2D eigenvalue weighted by atomic mass is 35.5. The highest BCUT2D eigenvalue weighted by Gasteiger charge is 2.10. The van der Waals surface area contributed by atoms with Gasteiger partial charge in [-0.15, -0.1) is 0 Å². The number of hydrogen-bond acceptors (Lipinski definition) is 2. The quantitative estimate of drug-likeness (QED) is 0.809. The third-order valence-electron chi connectivity index (χ3n) is 3.69. The van der Waals surface area contributed by atoms with Crippen LogP contribution in [0, 0.1) is 0 Å². The Hall–Kier alpha value is -1.51. The molecule has 0 bridgehead atoms. The summed E-state index contributed by atoms with van der Waals surface area (Å²) in [5, 5.41) is 13.7. The first-order chi connectivity index (χ1) is 10.0. The molecule has 0 aliphatic rings. The summed E-state index contributed by atoms with van der Waals surface area (Å²) in [5.74, 6) is 0.319. The molecule has 2 N–H and O–H groups in total. The minimum atomic E-state index is 0.276. The molecule has 3 heteroatoms. The normalized spacial score (nSPS) is 13.9. The van der Waals surface area contributed by atoms with Gasteiger partial charge in [0.25, 0.3) is 0 Å². The van der Waals surface area contributed by atoms with E-state index in [0.717, 1.165) is 17.9 Å². The van der Waals surface area contributed by atoms with Crippen LogP contribution in [0.15, 0.2) is 48.5 Å². The predicted octanol–water partition coefficient (Wildman–Crippen LogP) is 4.72. The van der Waals surface area contributed by atoms with Gasteiger partial charge in [-0.1, -0.05) is 35.9 Å². The number of nitrogens with one attached hydrogen (secondary N) is 1. The lowest BCUT2D eigenvalue weighted by Crippen LogP contribution is -2.29. The first-order valence-electron chi connectivity index (χ1n) is 7.34. The lowest BCUT2D eigenvalue weighted by atomic mass is 10.0. The first-order valence-corrected chi connectivity index (χ1v) is 7.72. The number of aryl methyl sites for hydroxylation is 1. The lowest BCUT2D eigenvalue weighted by Gasteiger charge is -2.20. The van der Waals surface area contributed by atoms with Crippen molar-refractivity contribution in [3.8, 4) is 5.75 Å². The number of benzene rings is 2. The molecular weight excluding hydrogens is 282 g/mol. The van der Waals surface area contributed by atoms with Crippen molar-refractivity contribution in [2.24, 2.45) is 0 Å². The lowest BCUT2D eigenvalue weighted by molar-refractivity contribution is 0.456. The molecule has 0 aliphatic heterocycles. The third kappa shape index (κ3) is 5.07. The predicted molar refractivity (Wildman–Crippen MR) is 88.9 cm³/mol. The summed E-state index contributed by atoms with van der Waals surface area (Å²) in [6, 6.07) is 16.1. The number of phenols is 1. The number of halogens is 1. The molecule has 2 nitrogen and oxygen atoms in total. The van der Waals surface area contributed by atoms with Crippen LogP contribution in [0.1, 0.15) is 37.4 Å². The Kier molecular flexibility index (Phi) is 5.66. The number of phenolic OH excluding ortho intramolecular Hbond substituents is 1. The monoisotopic (exact) mass is 303 g/mol. The van der Waals surface area contributed by atoms with Crippen LogP contribution < -0.4 is 5.32 Å². The van der Waals surface area contributed by atoms with Crippen molar-refractivity contribution >= 4 is 11.6 Å². The number of hydrogen-bond donors (Lipinski definition) is 2. The smallest absolute Gasteiger partial charge is 0.115 e. The summed E-state index contributed by atoms with van der Waals surface area (Å²) in [7, 11) is 0. The van der Waals surface area contributed by atoms with Gasteiger partial charge in [-0.25, -0.2) is 0 Å². The van der Waals surface area contributed by atoms with E-state index < -0.39 is 0 Å². The molecule has 0 radical (unpaired) electrons. The van der Waals surface area contributed by atoms with E-state index >= 15 is 0 Å². The van der Waals surface area contributed by atoms with Crippen LogP contribution >= 0.6 is 11.6 Å². The second kappa shape index (κ2) is 7.48. The Bertz CT molecular complexity index is 568. The molecule has 0 aliphatic carbocycles. The van der Waals surface area contributed by atoms with E-state index in [1.807, 2.05) is 30.3 Å². The van der Waals surface area contributed by atoms with Crippen LogP contribution in [-0.4, -0.2) is 11.1 Å². The summed E-state index contributed by atoms with van der Waals surface area (Å²) >= 11 is 6.03. The molecule has 0 saturated heterocycles. The molecule has 1 unspecified atom stereocenters. The molecule has 0 saturated carbocycles. The fourth-order valence-corrected chi connectivity index (χ4v) is 2.63. The van der Waals surface area contributed by atoms with Gasteiger partial charge < -0.3 is 10.4 Å². The Labute approximate surface area is 131 Å². The van der Waals surface area contributed by atoms with E-state index in [-0.39, 0.29) is 6.04 Å². The molecule has 0 amide bonds. The average molecular weight is 304 g/mol. The molecule has 0 aromatic heterocycles. The molecular formula is C18H22ClNO. The fraction of sp³-hybridized carbons (Fsp3) is 0.333. The molecule has 2 atom stereocenters. The highest BCUT2D eigenvalue weighted by molar-refractivity contribution is 6.30. The zero-order valence-electron chi connectivity index (χ0n) is 12.5. The minimum Gasteiger partial charge on any atom is -0.508 e. The van der Waals surface area contributed by atoms with Gasteiger partial charge in [-0.3, -0.25) is 0 Å². The zero-order valence-corrected chi connectivity index (χ0v) is 13.3. The minimum absolute atomic E-state index is 0.276. The van der Waals surface area contributed by atoms with E-state index in [9.17, 15) is 5.11 Å². The number of aromatic hydroxyl groups is 1. The van der Waals surface area contributed by atoms with Crippen molar-refractivity contribution in [1.29, 1.82) is 0 Å². The maximum atomic E-state index is 9.28. The second-order valence-electron chi connectivity index (χ2n) is 5.55. The standard InChI is InChI=1S/C18H22ClNO/c1-13(6-7-15-8-10-18(21)11-9-15)20-14(2)16-4-3-5-17(19)12-16/h3-5,8-14,20-21H,6-7H2,1-2H3/t13?,14-/m0/s1. The summed E-state index contributed by atoms with van der Waals surface area (Å²) < 4.78 is 0. The zero-order chi connectivity index (χ0) is 15.2. The Balaban J connectivity index is 1.83. The maximum Gasteiger partial charge on any atom is 0.115 e. The van der Waals surface area contributed by atoms with Gasteiger partial charge >= 0.3 is 0 Å². The first kappa shape index (κ1) is 15.9. The van der Waals surface area contributed by atoms with E-state index in [2.05, 4.69) is 25.2 Å². The van der Waals surface area contributed by atoms with E-state index in [1.54, 1.807) is 12.1 Å². The van der Waals surface area contributed by atoms with Crippen LogP contribution in [-0.2, 0) is 6.42 Å². The summed E-state index contributed by atoms with van der Waals surface area (Å²) in [6.07, 6.45) is 2.05. The van der Waals surface area contributed by atoms with Gasteiger partial charge in [0.05, 0.1) is 0 Å². The molecule has 0 heterocycles. The van der Waals surface area contributed by atoms with Crippen molar-refractivity contribution < 1.29 is 5.11 Å². The van der Waals surface area contributed by atoms with Gasteiger partial charge in [0.2, 0.25) is 0 Å². The van der Waals surface area contributed by atoms with E-state index in [4.69, 9.17) is 11.6 Å². The highest BCUT2D eigenvalue weighted by Crippen LogP contribution is 2.19. The van der Waals surface area contributed by atoms with Gasteiger partial charge in [0, 0.05) is 17.1 Å². The van der Waals surface area contributed by atoms with Crippen LogP contribution in [0.25, 0.3) is 0 Å². The Morgan fingerprint density at radius 2 is 1.81 bits per heavy atom. The topological polar surface area (TPSA) is 32.3 Å². The van der Waals surface area contributed by atoms with Crippen LogP contribution in [0.4, 0.5) is 0 Å². The fourth-order valence-electron chi connectivity index (χ4n) is 2.43. The van der Waals surface area contributed by atoms with Crippen molar-refractivity contribution in [2.45, 2.75) is 38.8 Å².